The number of amides is 14. The summed E-state index contributed by atoms with van der Waals surface area (Å²) in [5.41, 5.74) is 2.55. The van der Waals surface area contributed by atoms with E-state index in [4.69, 9.17) is 9.47 Å². The highest BCUT2D eigenvalue weighted by Crippen LogP contribution is 2.40. The Hall–Kier alpha value is -9.77. The van der Waals surface area contributed by atoms with E-state index in [0.717, 1.165) is 48.3 Å². The number of likely N-dealkylation sites (tertiary alicyclic amines) is 2. The number of imide groups is 3. The molecule has 7 N–H and O–H groups in total. The molecule has 1 saturated carbocycles. The lowest BCUT2D eigenvalue weighted by Gasteiger charge is -2.46. The van der Waals surface area contributed by atoms with Gasteiger partial charge in [0.1, 0.15) is 34.2 Å². The molecule has 14 amide bonds. The summed E-state index contributed by atoms with van der Waals surface area (Å²) in [4.78, 5) is 138. The number of nitrogens with one attached hydrogen (secondary N) is 7. The highest BCUT2D eigenvalue weighted by atomic mass is 16.5. The van der Waals surface area contributed by atoms with Crippen LogP contribution in [0.1, 0.15) is 118 Å². The van der Waals surface area contributed by atoms with Crippen molar-refractivity contribution in [2.45, 2.75) is 107 Å². The predicted octanol–water partition coefficient (Wildman–Crippen LogP) is 4.17. The largest absolute Gasteiger partial charge is 0.497 e. The van der Waals surface area contributed by atoms with Gasteiger partial charge in [0.2, 0.25) is 0 Å². The fraction of sp³-hybridized carbons (Fsp3) is 0.478. The van der Waals surface area contributed by atoms with Crippen LogP contribution in [0.4, 0.5) is 24.9 Å². The third-order valence-corrected chi connectivity index (χ3v) is 20.7. The molecule has 488 valence electrons. The van der Waals surface area contributed by atoms with E-state index in [1.165, 1.54) is 19.3 Å². The highest BCUT2D eigenvalue weighted by Gasteiger charge is 2.58. The van der Waals surface area contributed by atoms with Gasteiger partial charge in [-0.05, 0) is 160 Å². The number of rotatable bonds is 14. The van der Waals surface area contributed by atoms with E-state index in [9.17, 15) is 53.2 Å². The van der Waals surface area contributed by atoms with Crippen LogP contribution in [-0.4, -0.2) is 186 Å². The molecule has 14 rings (SSSR count). The van der Waals surface area contributed by atoms with E-state index >= 15 is 0 Å². The summed E-state index contributed by atoms with van der Waals surface area (Å²) in [6, 6.07) is 26.8. The van der Waals surface area contributed by atoms with Gasteiger partial charge in [0, 0.05) is 75.1 Å². The Morgan fingerprint density at radius 3 is 1.37 bits per heavy atom. The zero-order chi connectivity index (χ0) is 65.3. The van der Waals surface area contributed by atoms with E-state index in [0.29, 0.717) is 118 Å². The van der Waals surface area contributed by atoms with Crippen LogP contribution in [0.3, 0.4) is 0 Å². The molecule has 6 saturated heterocycles. The summed E-state index contributed by atoms with van der Waals surface area (Å²) < 4.78 is 10.6. The zero-order valence-corrected chi connectivity index (χ0v) is 52.5. The molecule has 3 unspecified atom stereocenters. The van der Waals surface area contributed by atoms with Crippen molar-refractivity contribution in [3.05, 3.63) is 124 Å². The van der Waals surface area contributed by atoms with Gasteiger partial charge < -0.3 is 60.1 Å². The fourth-order valence-corrected chi connectivity index (χ4v) is 15.5. The number of methoxy groups -OCH3 is 2. The molecule has 7 fully saturated rings. The lowest BCUT2D eigenvalue weighted by molar-refractivity contribution is -0.128. The number of carbonyl (C=O) groups is 10. The van der Waals surface area contributed by atoms with Crippen molar-refractivity contribution in [1.29, 1.82) is 5.26 Å². The average Bonchev–Trinajstić information content (AvgIpc) is 1.65. The van der Waals surface area contributed by atoms with Crippen LogP contribution in [0, 0.1) is 29.1 Å². The van der Waals surface area contributed by atoms with Crippen molar-refractivity contribution in [2.75, 3.05) is 84.6 Å². The summed E-state index contributed by atoms with van der Waals surface area (Å²) in [6.45, 7) is 8.14. The number of carbonyl (C=O) groups excluding carboxylic acids is 10. The van der Waals surface area contributed by atoms with E-state index < -0.39 is 46.5 Å². The van der Waals surface area contributed by atoms with Crippen molar-refractivity contribution >= 4 is 65.3 Å². The number of anilines is 1. The Morgan fingerprint density at radius 2 is 0.957 bits per heavy atom. The van der Waals surface area contributed by atoms with Crippen LogP contribution in [0.15, 0.2) is 84.9 Å². The first-order valence-corrected chi connectivity index (χ1v) is 32.1. The van der Waals surface area contributed by atoms with Crippen LogP contribution >= 0.6 is 0 Å². The van der Waals surface area contributed by atoms with Gasteiger partial charge in [-0.25, -0.2) is 19.2 Å². The first-order valence-electron chi connectivity index (χ1n) is 32.1. The smallest absolute Gasteiger partial charge is 0.322 e. The Kier molecular flexibility index (Phi) is 17.8. The number of nitriles is 1. The Balaban J connectivity index is 0.000000135. The predicted molar refractivity (Wildman–Crippen MR) is 336 cm³/mol. The molecule has 4 aromatic carbocycles. The number of urea groups is 4. The molecular weight excluding hydrogens is 1190 g/mol. The standard InChI is InChI=1S/C25H25N5O4.C22H28N4O4.C20H25N5O4/c1-34-19-6-7-20-17(12-19)14-30(22(20)31)15-25(23(32)27-24(33)28-25)18-8-10-29(11-9-18)21-5-3-2-4-16(21)13-26;1-30-17-5-6-18-14(11-17)12-26(19(18)27)13-22(20(28)23-21(29)24-22)15-7-9-25(10-8-15)16-3-2-4-16;1-2-21-19(29)24-9-7-14(8-10-24)20(17(27)22-18(28)23-20)12-25-11-13-5-3-4-6-15(13)16(25)26/h2-7,12,18H,8-11,14-15H2,1H3,(H2,27,28,32,33);5-6,11,15-16H,2-4,7-10,12-13H2,1H3,(H2,23,24,28,29);3-6,14H,2,7-12H2,1H3,(H,21,29)(H2,22,23,27,28). The van der Waals surface area contributed by atoms with Gasteiger partial charge in [0.25, 0.3) is 35.4 Å². The summed E-state index contributed by atoms with van der Waals surface area (Å²) in [6.07, 6.45) is 7.91. The lowest BCUT2D eigenvalue weighted by atomic mass is 9.76. The molecule has 4 aromatic rings. The van der Waals surface area contributed by atoms with Crippen molar-refractivity contribution in [3.63, 3.8) is 0 Å². The minimum Gasteiger partial charge on any atom is -0.497 e. The van der Waals surface area contributed by atoms with Gasteiger partial charge in [-0.15, -0.1) is 0 Å². The number of hydrogen-bond donors (Lipinski definition) is 7. The molecule has 0 spiro atoms. The average molecular weight is 1270 g/mol. The number of fused-ring (bicyclic) bond motifs is 3. The van der Waals surface area contributed by atoms with Crippen molar-refractivity contribution in [2.24, 2.45) is 17.8 Å². The Morgan fingerprint density at radius 1 is 0.538 bits per heavy atom. The highest BCUT2D eigenvalue weighted by molar-refractivity contribution is 6.10. The maximum atomic E-state index is 13.1. The van der Waals surface area contributed by atoms with Gasteiger partial charge in [0.05, 0.1) is 45.1 Å². The van der Waals surface area contributed by atoms with Crippen molar-refractivity contribution in [1.82, 2.24) is 61.7 Å². The number of ether oxygens (including phenoxy) is 2. The van der Waals surface area contributed by atoms with E-state index in [1.807, 2.05) is 55.5 Å². The van der Waals surface area contributed by atoms with Gasteiger partial charge in [-0.2, -0.15) is 5.26 Å². The fourth-order valence-electron chi connectivity index (χ4n) is 15.5. The number of nitrogens with zero attached hydrogens (tertiary/aromatic N) is 7. The first-order chi connectivity index (χ1) is 44.9. The zero-order valence-electron chi connectivity index (χ0n) is 52.5. The third-order valence-electron chi connectivity index (χ3n) is 20.7. The molecule has 3 atom stereocenters. The lowest BCUT2D eigenvalue weighted by Crippen LogP contribution is -2.62. The van der Waals surface area contributed by atoms with Crippen LogP contribution in [-0.2, 0) is 34.0 Å². The molecular formula is C67H78N14O12. The topological polar surface area (TPSA) is 317 Å². The third kappa shape index (κ3) is 12.1. The second-order valence-electron chi connectivity index (χ2n) is 25.7. The van der Waals surface area contributed by atoms with Crippen LogP contribution in [0.5, 0.6) is 11.5 Å². The van der Waals surface area contributed by atoms with Crippen molar-refractivity contribution < 1.29 is 57.4 Å². The van der Waals surface area contributed by atoms with Gasteiger partial charge in [-0.1, -0.05) is 36.8 Å². The Labute approximate surface area is 538 Å². The summed E-state index contributed by atoms with van der Waals surface area (Å²) in [5.74, 6) is -0.451. The van der Waals surface area contributed by atoms with Gasteiger partial charge in [0.15, 0.2) is 0 Å². The summed E-state index contributed by atoms with van der Waals surface area (Å²) >= 11 is 0. The van der Waals surface area contributed by atoms with E-state index in [2.05, 4.69) is 53.1 Å². The van der Waals surface area contributed by atoms with Crippen molar-refractivity contribution in [3.8, 4) is 17.6 Å². The normalized spacial score (nSPS) is 24.7. The molecule has 26 nitrogen and oxygen atoms in total. The minimum absolute atomic E-state index is 0.00586. The SMILES string of the molecule is CCNC(=O)N1CCC(C2(CN3Cc4ccccc4C3=O)NC(=O)NC2=O)CC1.COc1ccc2c(c1)CN(CC1(C3CCN(C4CCC4)CC3)NC(=O)NC1=O)C2=O.COc1ccc2c(c1)CN(CC1(C3CCN(c4ccccc4C#N)CC3)NC(=O)NC1=O)C2=O. The van der Waals surface area contributed by atoms with E-state index in [1.54, 1.807) is 70.2 Å². The number of hydrogen-bond acceptors (Lipinski definition) is 15. The van der Waals surface area contributed by atoms with Crippen LogP contribution < -0.4 is 51.6 Å². The van der Waals surface area contributed by atoms with E-state index in [-0.39, 0.29) is 67.0 Å². The molecule has 93 heavy (non-hydrogen) atoms. The summed E-state index contributed by atoms with van der Waals surface area (Å²) in [5, 5.41) is 28.0. The van der Waals surface area contributed by atoms with Crippen LogP contribution in [0.2, 0.25) is 0 Å². The maximum Gasteiger partial charge on any atom is 0.322 e. The number of para-hydroxylation sites is 1. The summed E-state index contributed by atoms with van der Waals surface area (Å²) in [7, 11) is 3.17. The molecule has 9 heterocycles. The second kappa shape index (κ2) is 26.1. The molecule has 0 bridgehead atoms. The molecule has 0 radical (unpaired) electrons. The van der Waals surface area contributed by atoms with Gasteiger partial charge in [-0.3, -0.25) is 44.7 Å². The molecule has 10 aliphatic rings. The number of piperidine rings is 3. The number of benzene rings is 4. The van der Waals surface area contributed by atoms with Gasteiger partial charge >= 0.3 is 24.1 Å². The minimum atomic E-state index is -1.19. The molecule has 0 aromatic heterocycles. The maximum absolute atomic E-state index is 13.1. The second-order valence-corrected chi connectivity index (χ2v) is 25.7. The Bertz CT molecular complexity index is 3720. The van der Waals surface area contributed by atoms with Crippen LogP contribution in [0.25, 0.3) is 0 Å². The molecule has 9 aliphatic heterocycles. The molecule has 26 heteroatoms. The monoisotopic (exact) mass is 1270 g/mol. The molecule has 1 aliphatic carbocycles. The quantitative estimate of drug-likeness (QED) is 0.0872. The first kappa shape index (κ1) is 63.4.